The van der Waals surface area contributed by atoms with Crippen molar-refractivity contribution in [3.8, 4) is 22.7 Å². The van der Waals surface area contributed by atoms with E-state index in [2.05, 4.69) is 15.1 Å². The summed E-state index contributed by atoms with van der Waals surface area (Å²) < 4.78 is 7.30. The minimum absolute atomic E-state index is 0.0114. The third-order valence-corrected chi connectivity index (χ3v) is 4.05. The number of hydrogen-bond donors (Lipinski definition) is 0. The summed E-state index contributed by atoms with van der Waals surface area (Å²) in [7, 11) is 0. The zero-order valence-electron chi connectivity index (χ0n) is 13.8. The van der Waals surface area contributed by atoms with Gasteiger partial charge in [0.05, 0.1) is 11.1 Å². The van der Waals surface area contributed by atoms with Crippen LogP contribution in [-0.4, -0.2) is 24.7 Å². The van der Waals surface area contributed by atoms with Gasteiger partial charge in [0.2, 0.25) is 5.89 Å². The monoisotopic (exact) mass is 381 g/mol. The lowest BCUT2D eigenvalue weighted by Gasteiger charge is -1.98. The van der Waals surface area contributed by atoms with Gasteiger partial charge in [0.1, 0.15) is 12.9 Å². The molecule has 0 amide bonds. The molecule has 0 bridgehead atoms. The van der Waals surface area contributed by atoms with Gasteiger partial charge in [-0.3, -0.25) is 10.1 Å². The molecule has 0 N–H and O–H groups in total. The molecular weight excluding hydrogens is 370 g/mol. The standard InChI is InChI=1S/C18H12ClN5O3/c19-14-5-1-3-12(7-14)16-9-20-17(27-16)10-23-11-21-18(22-23)13-4-2-6-15(8-13)24(25)26/h1-9,11H,10H2. The largest absolute Gasteiger partial charge is 0.439 e. The van der Waals surface area contributed by atoms with Crippen molar-refractivity contribution in [1.29, 1.82) is 0 Å². The second-order valence-electron chi connectivity index (χ2n) is 5.70. The molecule has 2 aromatic heterocycles. The van der Waals surface area contributed by atoms with Crippen molar-refractivity contribution in [2.24, 2.45) is 0 Å². The average Bonchev–Trinajstić information content (AvgIpc) is 3.32. The number of aromatic nitrogens is 4. The highest BCUT2D eigenvalue weighted by atomic mass is 35.5. The quantitative estimate of drug-likeness (QED) is 0.379. The molecule has 134 valence electrons. The summed E-state index contributed by atoms with van der Waals surface area (Å²) >= 11 is 6.00. The molecule has 0 aliphatic rings. The fourth-order valence-corrected chi connectivity index (χ4v) is 2.75. The number of benzene rings is 2. The molecule has 0 saturated heterocycles. The van der Waals surface area contributed by atoms with Crippen LogP contribution in [0.4, 0.5) is 5.69 Å². The predicted octanol–water partition coefficient (Wildman–Crippen LogP) is 4.21. The van der Waals surface area contributed by atoms with Crippen molar-refractivity contribution in [3.63, 3.8) is 0 Å². The van der Waals surface area contributed by atoms with Crippen LogP contribution < -0.4 is 0 Å². The topological polar surface area (TPSA) is 99.9 Å². The van der Waals surface area contributed by atoms with Crippen molar-refractivity contribution in [2.45, 2.75) is 6.54 Å². The Labute approximate surface area is 158 Å². The minimum Gasteiger partial charge on any atom is -0.439 e. The van der Waals surface area contributed by atoms with E-state index in [-0.39, 0.29) is 12.2 Å². The molecule has 2 heterocycles. The zero-order chi connectivity index (χ0) is 18.8. The van der Waals surface area contributed by atoms with Gasteiger partial charge in [0.15, 0.2) is 11.6 Å². The van der Waals surface area contributed by atoms with E-state index in [1.165, 1.54) is 18.5 Å². The summed E-state index contributed by atoms with van der Waals surface area (Å²) in [5, 5.41) is 15.9. The van der Waals surface area contributed by atoms with Gasteiger partial charge in [-0.1, -0.05) is 35.9 Å². The van der Waals surface area contributed by atoms with E-state index >= 15 is 0 Å². The van der Waals surface area contributed by atoms with E-state index in [0.29, 0.717) is 28.1 Å². The van der Waals surface area contributed by atoms with Gasteiger partial charge in [-0.15, -0.1) is 0 Å². The molecule has 27 heavy (non-hydrogen) atoms. The van der Waals surface area contributed by atoms with Crippen molar-refractivity contribution in [2.75, 3.05) is 0 Å². The molecule has 9 heteroatoms. The number of nitrogens with zero attached hydrogens (tertiary/aromatic N) is 5. The molecule has 0 aliphatic carbocycles. The second-order valence-corrected chi connectivity index (χ2v) is 6.14. The van der Waals surface area contributed by atoms with Crippen LogP contribution in [0.15, 0.2) is 65.5 Å². The lowest BCUT2D eigenvalue weighted by atomic mass is 10.2. The maximum absolute atomic E-state index is 10.9. The molecule has 0 aliphatic heterocycles. The number of rotatable bonds is 5. The van der Waals surface area contributed by atoms with E-state index in [1.54, 1.807) is 35.1 Å². The summed E-state index contributed by atoms with van der Waals surface area (Å²) in [6.07, 6.45) is 3.15. The Morgan fingerprint density at radius 1 is 1.11 bits per heavy atom. The fraction of sp³-hybridized carbons (Fsp3) is 0.0556. The average molecular weight is 382 g/mol. The summed E-state index contributed by atoms with van der Waals surface area (Å²) in [5.41, 5.74) is 1.38. The molecule has 0 saturated carbocycles. The molecule has 0 unspecified atom stereocenters. The fourth-order valence-electron chi connectivity index (χ4n) is 2.56. The van der Waals surface area contributed by atoms with Crippen molar-refractivity contribution < 1.29 is 9.34 Å². The lowest BCUT2D eigenvalue weighted by molar-refractivity contribution is -0.384. The van der Waals surface area contributed by atoms with Crippen LogP contribution in [0.2, 0.25) is 5.02 Å². The third kappa shape index (κ3) is 3.70. The first-order chi connectivity index (χ1) is 13.1. The van der Waals surface area contributed by atoms with Crippen LogP contribution in [0, 0.1) is 10.1 Å². The van der Waals surface area contributed by atoms with Crippen LogP contribution in [0.3, 0.4) is 0 Å². The Bertz CT molecular complexity index is 1120. The lowest BCUT2D eigenvalue weighted by Crippen LogP contribution is -2.00. The molecule has 4 rings (SSSR count). The molecule has 8 nitrogen and oxygen atoms in total. The van der Waals surface area contributed by atoms with Crippen LogP contribution >= 0.6 is 11.6 Å². The maximum Gasteiger partial charge on any atom is 0.270 e. The van der Waals surface area contributed by atoms with E-state index in [9.17, 15) is 10.1 Å². The Morgan fingerprint density at radius 3 is 2.74 bits per heavy atom. The van der Waals surface area contributed by atoms with Gasteiger partial charge in [-0.05, 0) is 12.1 Å². The molecule has 0 fully saturated rings. The van der Waals surface area contributed by atoms with E-state index in [4.69, 9.17) is 16.0 Å². The van der Waals surface area contributed by atoms with Crippen LogP contribution in [-0.2, 0) is 6.54 Å². The van der Waals surface area contributed by atoms with Crippen molar-refractivity contribution in [1.82, 2.24) is 19.7 Å². The Kier molecular flexibility index (Phi) is 4.39. The van der Waals surface area contributed by atoms with Crippen molar-refractivity contribution in [3.05, 3.63) is 82.1 Å². The number of nitro benzene ring substituents is 1. The van der Waals surface area contributed by atoms with Gasteiger partial charge in [-0.2, -0.15) is 5.10 Å². The number of halogens is 1. The number of non-ortho nitro benzene ring substituents is 1. The molecule has 0 radical (unpaired) electrons. The molecule has 4 aromatic rings. The van der Waals surface area contributed by atoms with Crippen molar-refractivity contribution >= 4 is 17.3 Å². The molecule has 0 spiro atoms. The van der Waals surface area contributed by atoms with Gasteiger partial charge in [0, 0.05) is 28.3 Å². The Hall–Kier alpha value is -3.52. The summed E-state index contributed by atoms with van der Waals surface area (Å²) in [5.74, 6) is 1.45. The highest BCUT2D eigenvalue weighted by Gasteiger charge is 2.12. The van der Waals surface area contributed by atoms with Gasteiger partial charge in [0.25, 0.3) is 5.69 Å². The Morgan fingerprint density at radius 2 is 1.93 bits per heavy atom. The Balaban J connectivity index is 1.53. The maximum atomic E-state index is 10.9. The normalized spacial score (nSPS) is 10.9. The highest BCUT2D eigenvalue weighted by molar-refractivity contribution is 6.30. The molecule has 2 aromatic carbocycles. The first kappa shape index (κ1) is 16.9. The third-order valence-electron chi connectivity index (χ3n) is 3.81. The predicted molar refractivity (Wildman–Crippen MR) is 98.2 cm³/mol. The number of nitro groups is 1. The molecular formula is C18H12ClN5O3. The summed E-state index contributed by atoms with van der Waals surface area (Å²) in [6, 6.07) is 13.5. The minimum atomic E-state index is -0.454. The van der Waals surface area contributed by atoms with Gasteiger partial charge < -0.3 is 4.42 Å². The first-order valence-electron chi connectivity index (χ1n) is 7.93. The number of hydrogen-bond acceptors (Lipinski definition) is 6. The molecule has 0 atom stereocenters. The SMILES string of the molecule is O=[N+]([O-])c1cccc(-c2ncn(Cc3ncc(-c4cccc(Cl)c4)o3)n2)c1. The van der Waals surface area contributed by atoms with Gasteiger partial charge in [-0.25, -0.2) is 14.6 Å². The van der Waals surface area contributed by atoms with E-state index < -0.39 is 4.92 Å². The van der Waals surface area contributed by atoms with Gasteiger partial charge >= 0.3 is 0 Å². The van der Waals surface area contributed by atoms with Crippen LogP contribution in [0.1, 0.15) is 5.89 Å². The highest BCUT2D eigenvalue weighted by Crippen LogP contribution is 2.24. The first-order valence-corrected chi connectivity index (χ1v) is 8.31. The second kappa shape index (κ2) is 7.00. The van der Waals surface area contributed by atoms with E-state index in [1.807, 2.05) is 12.1 Å². The zero-order valence-corrected chi connectivity index (χ0v) is 14.6. The van der Waals surface area contributed by atoms with E-state index in [0.717, 1.165) is 5.56 Å². The van der Waals surface area contributed by atoms with Crippen LogP contribution in [0.25, 0.3) is 22.7 Å². The van der Waals surface area contributed by atoms with Crippen LogP contribution in [0.5, 0.6) is 0 Å². The smallest absolute Gasteiger partial charge is 0.270 e. The summed E-state index contributed by atoms with van der Waals surface area (Å²) in [6.45, 7) is 0.280. The number of oxazole rings is 1. The summed E-state index contributed by atoms with van der Waals surface area (Å²) in [4.78, 5) is 18.9.